The van der Waals surface area contributed by atoms with Crippen LogP contribution in [0.25, 0.3) is 0 Å². The second kappa shape index (κ2) is 2.79. The van der Waals surface area contributed by atoms with Gasteiger partial charge in [0, 0.05) is 6.00 Å². The molecule has 2 radical (unpaired) electrons. The summed E-state index contributed by atoms with van der Waals surface area (Å²) >= 11 is 0. The second-order valence-electron chi connectivity index (χ2n) is 3.70. The van der Waals surface area contributed by atoms with Gasteiger partial charge in [-0.15, -0.1) is 0 Å². The van der Waals surface area contributed by atoms with Gasteiger partial charge in [-0.1, -0.05) is 13.8 Å². The SMILES string of the molecule is [B][C@@H]1O[C@](C)(CO)[C@H](C)C1C. The summed E-state index contributed by atoms with van der Waals surface area (Å²) in [5, 5.41) is 9.05. The van der Waals surface area contributed by atoms with Crippen molar-refractivity contribution in [3.8, 4) is 0 Å². The molecule has 0 saturated carbocycles. The van der Waals surface area contributed by atoms with Gasteiger partial charge in [-0.2, -0.15) is 0 Å². The molecule has 1 rings (SSSR count). The highest BCUT2D eigenvalue weighted by Crippen LogP contribution is 2.38. The Balaban J connectivity index is 2.73. The van der Waals surface area contributed by atoms with Crippen molar-refractivity contribution in [2.24, 2.45) is 11.8 Å². The molecule has 0 aliphatic carbocycles. The molecule has 1 fully saturated rings. The number of hydrogen-bond acceptors (Lipinski definition) is 2. The number of hydrogen-bond donors (Lipinski definition) is 1. The Morgan fingerprint density at radius 3 is 2.27 bits per heavy atom. The highest BCUT2D eigenvalue weighted by molar-refractivity contribution is 6.11. The molecule has 62 valence electrons. The molecule has 0 aromatic rings. The highest BCUT2D eigenvalue weighted by Gasteiger charge is 2.44. The molecule has 0 aromatic heterocycles. The van der Waals surface area contributed by atoms with Crippen LogP contribution in [0.3, 0.4) is 0 Å². The first-order chi connectivity index (χ1) is 5.01. The number of aliphatic hydroxyl groups is 1. The normalized spacial score (nSPS) is 51.5. The average molecular weight is 154 g/mol. The zero-order valence-electron chi connectivity index (χ0n) is 7.37. The summed E-state index contributed by atoms with van der Waals surface area (Å²) < 4.78 is 5.45. The molecule has 2 nitrogen and oxygen atoms in total. The summed E-state index contributed by atoms with van der Waals surface area (Å²) in [6.45, 7) is 6.07. The summed E-state index contributed by atoms with van der Waals surface area (Å²) in [5.74, 6) is 0.648. The van der Waals surface area contributed by atoms with Crippen LogP contribution < -0.4 is 0 Å². The molecule has 1 unspecified atom stereocenters. The molecule has 0 bridgehead atoms. The van der Waals surface area contributed by atoms with E-state index in [0.717, 1.165) is 0 Å². The Morgan fingerprint density at radius 1 is 1.55 bits per heavy atom. The van der Waals surface area contributed by atoms with Crippen molar-refractivity contribution in [2.45, 2.75) is 32.4 Å². The minimum absolute atomic E-state index is 0.0478. The lowest BCUT2D eigenvalue weighted by molar-refractivity contribution is -0.0544. The van der Waals surface area contributed by atoms with E-state index < -0.39 is 5.60 Å². The standard InChI is InChI=1S/C8H15BO2/c1-5-6(2)8(3,4-10)11-7(5)9/h5-7,10H,4H2,1-3H3/t5?,6-,7-,8-/m1/s1. The van der Waals surface area contributed by atoms with Crippen LogP contribution in [0, 0.1) is 11.8 Å². The van der Waals surface area contributed by atoms with Crippen LogP contribution >= 0.6 is 0 Å². The van der Waals surface area contributed by atoms with Crippen LogP contribution in [0.2, 0.25) is 0 Å². The van der Waals surface area contributed by atoms with Crippen LogP contribution in [-0.4, -0.2) is 31.2 Å². The van der Waals surface area contributed by atoms with E-state index in [9.17, 15) is 0 Å². The van der Waals surface area contributed by atoms with E-state index in [1.54, 1.807) is 0 Å². The maximum absolute atomic E-state index is 9.05. The van der Waals surface area contributed by atoms with E-state index >= 15 is 0 Å². The molecule has 1 aliphatic heterocycles. The molecule has 1 aliphatic rings. The Labute approximate surface area is 69.3 Å². The molecule has 0 amide bonds. The monoisotopic (exact) mass is 154 g/mol. The minimum Gasteiger partial charge on any atom is -0.393 e. The molecule has 1 N–H and O–H groups in total. The van der Waals surface area contributed by atoms with Gasteiger partial charge in [0.15, 0.2) is 0 Å². The zero-order valence-corrected chi connectivity index (χ0v) is 7.37. The van der Waals surface area contributed by atoms with Gasteiger partial charge in [0.2, 0.25) is 0 Å². The highest BCUT2D eigenvalue weighted by atomic mass is 16.5. The van der Waals surface area contributed by atoms with Crippen LogP contribution in [0.15, 0.2) is 0 Å². The van der Waals surface area contributed by atoms with Gasteiger partial charge < -0.3 is 9.84 Å². The largest absolute Gasteiger partial charge is 0.393 e. The van der Waals surface area contributed by atoms with E-state index in [-0.39, 0.29) is 12.6 Å². The lowest BCUT2D eigenvalue weighted by Gasteiger charge is -2.26. The van der Waals surface area contributed by atoms with Crippen molar-refractivity contribution in [1.82, 2.24) is 0 Å². The van der Waals surface area contributed by atoms with Crippen LogP contribution in [0.5, 0.6) is 0 Å². The zero-order chi connectivity index (χ0) is 8.65. The molecule has 11 heavy (non-hydrogen) atoms. The van der Waals surface area contributed by atoms with E-state index in [2.05, 4.69) is 13.8 Å². The summed E-state index contributed by atoms with van der Waals surface area (Å²) in [7, 11) is 5.69. The van der Waals surface area contributed by atoms with Gasteiger partial charge in [-0.05, 0) is 18.8 Å². The third kappa shape index (κ3) is 1.32. The lowest BCUT2D eigenvalue weighted by atomic mass is 9.78. The maximum Gasteiger partial charge on any atom is 0.109 e. The van der Waals surface area contributed by atoms with Gasteiger partial charge in [0.1, 0.15) is 7.85 Å². The van der Waals surface area contributed by atoms with Crippen LogP contribution in [0.4, 0.5) is 0 Å². The van der Waals surface area contributed by atoms with Gasteiger partial charge in [-0.3, -0.25) is 0 Å². The molecular formula is C8H15BO2. The quantitative estimate of drug-likeness (QED) is 0.558. The van der Waals surface area contributed by atoms with Gasteiger partial charge in [-0.25, -0.2) is 0 Å². The smallest absolute Gasteiger partial charge is 0.109 e. The fourth-order valence-electron chi connectivity index (χ4n) is 1.55. The van der Waals surface area contributed by atoms with E-state index in [1.807, 2.05) is 6.92 Å². The van der Waals surface area contributed by atoms with Crippen molar-refractivity contribution < 1.29 is 9.84 Å². The number of aliphatic hydroxyl groups excluding tert-OH is 1. The first-order valence-corrected chi connectivity index (χ1v) is 4.05. The third-order valence-electron chi connectivity index (χ3n) is 2.99. The summed E-state index contributed by atoms with van der Waals surface area (Å²) in [6.07, 6.45) is 0. The predicted molar refractivity (Wildman–Crippen MR) is 44.4 cm³/mol. The molecular weight excluding hydrogens is 139 g/mol. The lowest BCUT2D eigenvalue weighted by Crippen LogP contribution is -2.35. The van der Waals surface area contributed by atoms with Gasteiger partial charge >= 0.3 is 0 Å². The second-order valence-corrected chi connectivity index (χ2v) is 3.70. The number of rotatable bonds is 1. The third-order valence-corrected chi connectivity index (χ3v) is 2.99. The van der Waals surface area contributed by atoms with Crippen molar-refractivity contribution in [3.05, 3.63) is 0 Å². The van der Waals surface area contributed by atoms with Crippen LogP contribution in [0.1, 0.15) is 20.8 Å². The molecule has 1 saturated heterocycles. The molecule has 0 spiro atoms. The van der Waals surface area contributed by atoms with E-state index in [1.165, 1.54) is 0 Å². The van der Waals surface area contributed by atoms with E-state index in [0.29, 0.717) is 11.8 Å². The Morgan fingerprint density at radius 2 is 2.09 bits per heavy atom. The predicted octanol–water partition coefficient (Wildman–Crippen LogP) is 0.534. The summed E-state index contributed by atoms with van der Waals surface area (Å²) in [5.41, 5.74) is -0.432. The molecule has 1 heterocycles. The minimum atomic E-state index is -0.432. The van der Waals surface area contributed by atoms with Crippen LogP contribution in [-0.2, 0) is 4.74 Å². The maximum atomic E-state index is 9.05. The van der Waals surface area contributed by atoms with Gasteiger partial charge in [0.05, 0.1) is 12.2 Å². The van der Waals surface area contributed by atoms with Crippen molar-refractivity contribution >= 4 is 7.85 Å². The summed E-state index contributed by atoms with van der Waals surface area (Å²) in [6, 6.07) is -0.220. The van der Waals surface area contributed by atoms with Crippen molar-refractivity contribution in [3.63, 3.8) is 0 Å². The average Bonchev–Trinajstić information content (AvgIpc) is 2.17. The topological polar surface area (TPSA) is 29.5 Å². The first-order valence-electron chi connectivity index (χ1n) is 4.05. The molecule has 3 heteroatoms. The first kappa shape index (κ1) is 9.08. The molecule has 4 atom stereocenters. The number of ether oxygens (including phenoxy) is 1. The fourth-order valence-corrected chi connectivity index (χ4v) is 1.55. The Bertz CT molecular complexity index is 151. The summed E-state index contributed by atoms with van der Waals surface area (Å²) in [4.78, 5) is 0. The van der Waals surface area contributed by atoms with Gasteiger partial charge in [0.25, 0.3) is 0 Å². The van der Waals surface area contributed by atoms with E-state index in [4.69, 9.17) is 17.7 Å². The van der Waals surface area contributed by atoms with Crippen molar-refractivity contribution in [2.75, 3.05) is 6.61 Å². The van der Waals surface area contributed by atoms with Crippen molar-refractivity contribution in [1.29, 1.82) is 0 Å². The fraction of sp³-hybridized carbons (Fsp3) is 1.00. The Kier molecular flexibility index (Phi) is 2.31. The Hall–Kier alpha value is -0.0151. The molecule has 0 aromatic carbocycles.